The zero-order valence-electron chi connectivity index (χ0n) is 25.5. The molecule has 0 aliphatic rings. The summed E-state index contributed by atoms with van der Waals surface area (Å²) in [6.07, 6.45) is 0. The van der Waals surface area contributed by atoms with Crippen molar-refractivity contribution < 1.29 is 0 Å². The maximum Gasteiger partial charge on any atom is 0.145 e. The third kappa shape index (κ3) is 3.79. The quantitative estimate of drug-likeness (QED) is 0.197. The van der Waals surface area contributed by atoms with E-state index in [-0.39, 0.29) is 0 Å². The lowest BCUT2D eigenvalue weighted by molar-refractivity contribution is 1.09. The minimum Gasteiger partial charge on any atom is -0.309 e. The summed E-state index contributed by atoms with van der Waals surface area (Å²) in [5.74, 6) is 0.930. The van der Waals surface area contributed by atoms with Crippen molar-refractivity contribution >= 4 is 54.6 Å². The number of hydrogen-bond donors (Lipinski definition) is 0. The number of benzene rings is 7. The van der Waals surface area contributed by atoms with Gasteiger partial charge in [-0.1, -0.05) is 109 Å². The zero-order chi connectivity index (χ0) is 30.9. The van der Waals surface area contributed by atoms with Gasteiger partial charge in [-0.2, -0.15) is 0 Å². The molecule has 4 nitrogen and oxygen atoms in total. The smallest absolute Gasteiger partial charge is 0.145 e. The average molecular weight is 601 g/mol. The first-order valence-corrected chi connectivity index (χ1v) is 16.0. The lowest BCUT2D eigenvalue weighted by Crippen LogP contribution is -2.00. The van der Waals surface area contributed by atoms with Gasteiger partial charge in [-0.05, 0) is 60.7 Å². The van der Waals surface area contributed by atoms with Crippen molar-refractivity contribution in [2.24, 2.45) is 0 Å². The van der Waals surface area contributed by atoms with Crippen LogP contribution in [0.1, 0.15) is 0 Å². The van der Waals surface area contributed by atoms with Crippen LogP contribution in [-0.2, 0) is 0 Å². The molecule has 0 saturated carbocycles. The second kappa shape index (κ2) is 10.1. The molecule has 0 bridgehead atoms. The first kappa shape index (κ1) is 25.9. The zero-order valence-corrected chi connectivity index (χ0v) is 25.5. The van der Waals surface area contributed by atoms with Crippen LogP contribution in [0, 0.1) is 0 Å². The van der Waals surface area contributed by atoms with Crippen molar-refractivity contribution in [2.45, 2.75) is 0 Å². The summed E-state index contributed by atoms with van der Waals surface area (Å²) in [6, 6.07) is 60.6. The number of nitrogens with zero attached hydrogens (tertiary/aromatic N) is 4. The van der Waals surface area contributed by atoms with Gasteiger partial charge in [-0.3, -0.25) is 4.57 Å². The minimum atomic E-state index is 0.930. The summed E-state index contributed by atoms with van der Waals surface area (Å²) in [5.41, 5.74) is 11.3. The van der Waals surface area contributed by atoms with Crippen LogP contribution < -0.4 is 0 Å². The molecule has 3 heterocycles. The molecule has 0 spiro atoms. The predicted molar refractivity (Wildman–Crippen MR) is 195 cm³/mol. The molecule has 0 aliphatic carbocycles. The van der Waals surface area contributed by atoms with Gasteiger partial charge in [0.25, 0.3) is 0 Å². The molecule has 10 aromatic rings. The molecule has 3 aromatic heterocycles. The Morgan fingerprint density at radius 2 is 0.957 bits per heavy atom. The molecule has 220 valence electrons. The minimum absolute atomic E-state index is 0.930. The van der Waals surface area contributed by atoms with E-state index in [4.69, 9.17) is 4.98 Å². The van der Waals surface area contributed by atoms with Crippen molar-refractivity contribution in [2.75, 3.05) is 0 Å². The van der Waals surface area contributed by atoms with Gasteiger partial charge in [0.05, 0.1) is 33.1 Å². The standard InChI is InChI=1S/C43H28N4/c1-3-14-29(15-4-1)43-44-36-22-9-12-25-39(36)47(43)32-19-13-18-31(28-32)46-37-23-10-7-20-33(37)34-26-27-40-41(42(34)46)35-21-8-11-24-38(35)45(40)30-16-5-2-6-17-30/h1-28H. The molecule has 0 aliphatic heterocycles. The van der Waals surface area contributed by atoms with E-state index in [1.807, 2.05) is 0 Å². The van der Waals surface area contributed by atoms with Crippen LogP contribution in [0.2, 0.25) is 0 Å². The molecular formula is C43H28N4. The number of para-hydroxylation sites is 5. The van der Waals surface area contributed by atoms with Crippen molar-refractivity contribution in [3.63, 3.8) is 0 Å². The molecule has 0 fully saturated rings. The summed E-state index contributed by atoms with van der Waals surface area (Å²) in [5, 5.41) is 4.97. The van der Waals surface area contributed by atoms with Gasteiger partial charge in [0.2, 0.25) is 0 Å². The summed E-state index contributed by atoms with van der Waals surface area (Å²) >= 11 is 0. The number of fused-ring (bicyclic) bond motifs is 8. The maximum absolute atomic E-state index is 5.11. The number of imidazole rings is 1. The SMILES string of the molecule is c1ccc(-c2nc3ccccc3n2-c2cccc(-n3c4ccccc4c4ccc5c(c6ccccc6n5-c5ccccc5)c43)c2)cc1. The van der Waals surface area contributed by atoms with E-state index in [1.54, 1.807) is 0 Å². The third-order valence-corrected chi connectivity index (χ3v) is 9.42. The van der Waals surface area contributed by atoms with Crippen molar-refractivity contribution in [1.29, 1.82) is 0 Å². The average Bonchev–Trinajstić information content (AvgIpc) is 3.80. The predicted octanol–water partition coefficient (Wildman–Crippen LogP) is 10.9. The lowest BCUT2D eigenvalue weighted by Gasteiger charge is -2.14. The molecule has 7 aromatic carbocycles. The van der Waals surface area contributed by atoms with E-state index >= 15 is 0 Å². The Hall–Kier alpha value is -6.39. The van der Waals surface area contributed by atoms with E-state index in [0.717, 1.165) is 39.5 Å². The first-order chi connectivity index (χ1) is 23.3. The fourth-order valence-corrected chi connectivity index (χ4v) is 7.47. The second-order valence-electron chi connectivity index (χ2n) is 12.0. The largest absolute Gasteiger partial charge is 0.309 e. The fraction of sp³-hybridized carbons (Fsp3) is 0. The molecule has 10 rings (SSSR count). The fourth-order valence-electron chi connectivity index (χ4n) is 7.47. The first-order valence-electron chi connectivity index (χ1n) is 16.0. The Balaban J connectivity index is 1.31. The number of aromatic nitrogens is 4. The molecule has 47 heavy (non-hydrogen) atoms. The van der Waals surface area contributed by atoms with Gasteiger partial charge in [0, 0.05) is 44.2 Å². The molecule has 0 amide bonds. The van der Waals surface area contributed by atoms with E-state index in [1.165, 1.54) is 43.6 Å². The van der Waals surface area contributed by atoms with Crippen molar-refractivity contribution in [3.8, 4) is 28.5 Å². The molecule has 4 heteroatoms. The van der Waals surface area contributed by atoms with E-state index in [2.05, 4.69) is 184 Å². The molecule has 0 N–H and O–H groups in total. The van der Waals surface area contributed by atoms with Crippen LogP contribution in [0.5, 0.6) is 0 Å². The number of rotatable bonds is 4. The highest BCUT2D eigenvalue weighted by Gasteiger charge is 2.21. The Bertz CT molecular complexity index is 2780. The van der Waals surface area contributed by atoms with Gasteiger partial charge < -0.3 is 9.13 Å². The molecule has 0 unspecified atom stereocenters. The summed E-state index contributed by atoms with van der Waals surface area (Å²) in [7, 11) is 0. The van der Waals surface area contributed by atoms with Gasteiger partial charge in [-0.25, -0.2) is 4.98 Å². The second-order valence-corrected chi connectivity index (χ2v) is 12.0. The number of hydrogen-bond acceptors (Lipinski definition) is 1. The summed E-state index contributed by atoms with van der Waals surface area (Å²) < 4.78 is 7.14. The molecular weight excluding hydrogens is 573 g/mol. The van der Waals surface area contributed by atoms with Crippen LogP contribution >= 0.6 is 0 Å². The van der Waals surface area contributed by atoms with Crippen LogP contribution in [-0.4, -0.2) is 18.7 Å². The monoisotopic (exact) mass is 600 g/mol. The van der Waals surface area contributed by atoms with E-state index in [0.29, 0.717) is 0 Å². The molecule has 0 atom stereocenters. The Morgan fingerprint density at radius 3 is 1.74 bits per heavy atom. The normalized spacial score (nSPS) is 11.8. The summed E-state index contributed by atoms with van der Waals surface area (Å²) in [6.45, 7) is 0. The van der Waals surface area contributed by atoms with Crippen molar-refractivity contribution in [1.82, 2.24) is 18.7 Å². The van der Waals surface area contributed by atoms with Crippen LogP contribution in [0.3, 0.4) is 0 Å². The van der Waals surface area contributed by atoms with Crippen molar-refractivity contribution in [3.05, 3.63) is 170 Å². The molecule has 0 radical (unpaired) electrons. The Labute approximate surface area is 271 Å². The van der Waals surface area contributed by atoms with Gasteiger partial charge in [0.15, 0.2) is 0 Å². The van der Waals surface area contributed by atoms with Crippen LogP contribution in [0.4, 0.5) is 0 Å². The highest BCUT2D eigenvalue weighted by molar-refractivity contribution is 6.26. The molecule has 0 saturated heterocycles. The van der Waals surface area contributed by atoms with Crippen LogP contribution in [0.25, 0.3) is 83.1 Å². The van der Waals surface area contributed by atoms with Gasteiger partial charge in [-0.15, -0.1) is 0 Å². The van der Waals surface area contributed by atoms with E-state index < -0.39 is 0 Å². The Kier molecular flexibility index (Phi) is 5.54. The highest BCUT2D eigenvalue weighted by atomic mass is 15.1. The van der Waals surface area contributed by atoms with Crippen LogP contribution in [0.15, 0.2) is 170 Å². The topological polar surface area (TPSA) is 27.7 Å². The van der Waals surface area contributed by atoms with Gasteiger partial charge >= 0.3 is 0 Å². The van der Waals surface area contributed by atoms with Gasteiger partial charge in [0.1, 0.15) is 5.82 Å². The highest BCUT2D eigenvalue weighted by Crippen LogP contribution is 2.42. The van der Waals surface area contributed by atoms with E-state index in [9.17, 15) is 0 Å². The maximum atomic E-state index is 5.11. The third-order valence-electron chi connectivity index (χ3n) is 9.42. The lowest BCUT2D eigenvalue weighted by atomic mass is 10.1. The summed E-state index contributed by atoms with van der Waals surface area (Å²) in [4.78, 5) is 5.11. The Morgan fingerprint density at radius 1 is 0.362 bits per heavy atom.